The molecule has 5 heteroatoms. The molecule has 0 radical (unpaired) electrons. The number of halogens is 1. The number of hydrogen-bond donors (Lipinski definition) is 0. The normalized spacial score (nSPS) is 11.3. The van der Waals surface area contributed by atoms with Gasteiger partial charge in [0.05, 0.1) is 12.8 Å². The number of hydrogen-bond acceptors (Lipinski definition) is 3. The molecule has 2 heterocycles. The highest BCUT2D eigenvalue weighted by molar-refractivity contribution is 6.29. The fourth-order valence-corrected chi connectivity index (χ4v) is 1.83. The van der Waals surface area contributed by atoms with E-state index in [4.69, 9.17) is 16.3 Å². The number of methoxy groups -OCH3 is 1. The van der Waals surface area contributed by atoms with Crippen LogP contribution in [0.15, 0.2) is 12.4 Å². The molecule has 0 unspecified atom stereocenters. The van der Waals surface area contributed by atoms with Crippen molar-refractivity contribution in [3.63, 3.8) is 0 Å². The molecule has 86 valence electrons. The molecule has 0 saturated carbocycles. The van der Waals surface area contributed by atoms with Crippen LogP contribution in [0.1, 0.15) is 19.5 Å². The highest BCUT2D eigenvalue weighted by Gasteiger charge is 2.10. The van der Waals surface area contributed by atoms with Gasteiger partial charge in [0, 0.05) is 12.4 Å². The summed E-state index contributed by atoms with van der Waals surface area (Å²) in [6, 6.07) is 0. The first-order chi connectivity index (χ1) is 7.60. The maximum Gasteiger partial charge on any atom is 0.259 e. The minimum atomic E-state index is 0.401. The zero-order valence-electron chi connectivity index (χ0n) is 9.57. The topological polar surface area (TPSA) is 39.4 Å². The van der Waals surface area contributed by atoms with Crippen molar-refractivity contribution in [1.82, 2.24) is 14.4 Å². The van der Waals surface area contributed by atoms with Crippen molar-refractivity contribution >= 4 is 17.2 Å². The van der Waals surface area contributed by atoms with Gasteiger partial charge >= 0.3 is 0 Å². The van der Waals surface area contributed by atoms with Crippen LogP contribution in [-0.2, 0) is 6.42 Å². The molecule has 0 bridgehead atoms. The molecule has 4 nitrogen and oxygen atoms in total. The number of aromatic nitrogens is 3. The molecule has 0 aromatic carbocycles. The van der Waals surface area contributed by atoms with Gasteiger partial charge in [-0.25, -0.2) is 4.98 Å². The Labute approximate surface area is 99.2 Å². The lowest BCUT2D eigenvalue weighted by molar-refractivity contribution is 0.400. The van der Waals surface area contributed by atoms with E-state index in [1.165, 1.54) is 0 Å². The summed E-state index contributed by atoms with van der Waals surface area (Å²) >= 11 is 5.88. The third kappa shape index (κ3) is 2.11. The maximum atomic E-state index is 5.88. The third-order valence-corrected chi connectivity index (χ3v) is 2.42. The van der Waals surface area contributed by atoms with Gasteiger partial charge in [0.15, 0.2) is 0 Å². The lowest BCUT2D eigenvalue weighted by Gasteiger charge is -2.00. The number of ether oxygens (including phenoxy) is 1. The Morgan fingerprint density at radius 3 is 2.75 bits per heavy atom. The van der Waals surface area contributed by atoms with Crippen LogP contribution in [0.4, 0.5) is 0 Å². The third-order valence-electron chi connectivity index (χ3n) is 2.24. The molecule has 0 aliphatic rings. The summed E-state index contributed by atoms with van der Waals surface area (Å²) in [7, 11) is 1.56. The molecule has 16 heavy (non-hydrogen) atoms. The first-order valence-electron chi connectivity index (χ1n) is 5.18. The molecular formula is C11H14ClN3O. The average molecular weight is 240 g/mol. The second-order valence-corrected chi connectivity index (χ2v) is 4.52. The summed E-state index contributed by atoms with van der Waals surface area (Å²) in [6.07, 6.45) is 4.63. The predicted molar refractivity (Wildman–Crippen MR) is 63.1 cm³/mol. The lowest BCUT2D eigenvalue weighted by Crippen LogP contribution is -1.94. The summed E-state index contributed by atoms with van der Waals surface area (Å²) in [6.45, 7) is 4.32. The summed E-state index contributed by atoms with van der Waals surface area (Å²) in [5, 5.41) is 0.401. The van der Waals surface area contributed by atoms with Crippen molar-refractivity contribution in [2.75, 3.05) is 7.11 Å². The zero-order valence-corrected chi connectivity index (χ0v) is 10.3. The highest BCUT2D eigenvalue weighted by atomic mass is 35.5. The van der Waals surface area contributed by atoms with E-state index in [0.29, 0.717) is 22.6 Å². The van der Waals surface area contributed by atoms with Crippen LogP contribution >= 0.6 is 11.6 Å². The molecule has 0 saturated heterocycles. The molecule has 2 rings (SSSR count). The number of rotatable bonds is 3. The van der Waals surface area contributed by atoms with E-state index in [-0.39, 0.29) is 0 Å². The molecule has 0 atom stereocenters. The van der Waals surface area contributed by atoms with E-state index in [1.54, 1.807) is 13.3 Å². The van der Waals surface area contributed by atoms with Gasteiger partial charge in [-0.1, -0.05) is 25.4 Å². The molecular weight excluding hydrogens is 226 g/mol. The Hall–Kier alpha value is -1.29. The summed E-state index contributed by atoms with van der Waals surface area (Å²) in [5.74, 6) is 1.03. The van der Waals surface area contributed by atoms with Crippen LogP contribution in [-0.4, -0.2) is 21.5 Å². The Morgan fingerprint density at radius 1 is 1.38 bits per heavy atom. The van der Waals surface area contributed by atoms with E-state index >= 15 is 0 Å². The summed E-state index contributed by atoms with van der Waals surface area (Å²) in [5.41, 5.74) is 1.74. The summed E-state index contributed by atoms with van der Waals surface area (Å²) < 4.78 is 7.00. The van der Waals surface area contributed by atoms with Crippen molar-refractivity contribution in [2.45, 2.75) is 20.3 Å². The molecule has 0 spiro atoms. The van der Waals surface area contributed by atoms with E-state index in [2.05, 4.69) is 23.8 Å². The number of imidazole rings is 1. The smallest absolute Gasteiger partial charge is 0.259 e. The lowest BCUT2D eigenvalue weighted by atomic mass is 10.1. The zero-order chi connectivity index (χ0) is 11.7. The van der Waals surface area contributed by atoms with E-state index in [0.717, 1.165) is 12.1 Å². The van der Waals surface area contributed by atoms with Gasteiger partial charge in [-0.05, 0) is 12.3 Å². The van der Waals surface area contributed by atoms with Crippen molar-refractivity contribution in [3.8, 4) is 5.88 Å². The summed E-state index contributed by atoms with van der Waals surface area (Å²) in [4.78, 5) is 8.55. The van der Waals surface area contributed by atoms with Crippen LogP contribution in [0.3, 0.4) is 0 Å². The van der Waals surface area contributed by atoms with Gasteiger partial charge in [-0.3, -0.25) is 4.40 Å². The Balaban J connectivity index is 2.51. The quantitative estimate of drug-likeness (QED) is 0.827. The molecule has 0 aliphatic heterocycles. The molecule has 0 fully saturated rings. The molecule has 0 N–H and O–H groups in total. The molecule has 2 aromatic rings. The minimum absolute atomic E-state index is 0.401. The molecule has 0 amide bonds. The van der Waals surface area contributed by atoms with E-state index < -0.39 is 0 Å². The SMILES string of the molecule is COc1nc(Cl)cn2cc(CC(C)C)nc12. The minimum Gasteiger partial charge on any atom is -0.478 e. The Bertz CT molecular complexity index is 507. The average Bonchev–Trinajstić information content (AvgIpc) is 2.57. The van der Waals surface area contributed by atoms with Crippen LogP contribution in [0.2, 0.25) is 5.15 Å². The fourth-order valence-electron chi connectivity index (χ4n) is 1.65. The maximum absolute atomic E-state index is 5.88. The van der Waals surface area contributed by atoms with Crippen molar-refractivity contribution in [3.05, 3.63) is 23.2 Å². The Kier molecular flexibility index (Phi) is 3.01. The van der Waals surface area contributed by atoms with Crippen molar-refractivity contribution < 1.29 is 4.74 Å². The van der Waals surface area contributed by atoms with Crippen LogP contribution in [0, 0.1) is 5.92 Å². The van der Waals surface area contributed by atoms with Crippen LogP contribution in [0.25, 0.3) is 5.65 Å². The van der Waals surface area contributed by atoms with Crippen LogP contribution < -0.4 is 4.74 Å². The Morgan fingerprint density at radius 2 is 2.12 bits per heavy atom. The molecule has 2 aromatic heterocycles. The fraction of sp³-hybridized carbons (Fsp3) is 0.455. The van der Waals surface area contributed by atoms with Gasteiger partial charge in [0.1, 0.15) is 5.15 Å². The van der Waals surface area contributed by atoms with Gasteiger partial charge in [-0.2, -0.15) is 4.98 Å². The van der Waals surface area contributed by atoms with Gasteiger partial charge in [0.25, 0.3) is 5.88 Å². The first-order valence-corrected chi connectivity index (χ1v) is 5.56. The van der Waals surface area contributed by atoms with Gasteiger partial charge < -0.3 is 4.74 Å². The predicted octanol–water partition coefficient (Wildman–Crippen LogP) is 2.59. The largest absolute Gasteiger partial charge is 0.478 e. The second kappa shape index (κ2) is 4.29. The number of fused-ring (bicyclic) bond motifs is 1. The van der Waals surface area contributed by atoms with Crippen molar-refractivity contribution in [2.24, 2.45) is 5.92 Å². The van der Waals surface area contributed by atoms with Gasteiger partial charge in [-0.15, -0.1) is 0 Å². The van der Waals surface area contributed by atoms with Gasteiger partial charge in [0.2, 0.25) is 5.65 Å². The second-order valence-electron chi connectivity index (χ2n) is 4.13. The first kappa shape index (κ1) is 11.2. The van der Waals surface area contributed by atoms with Crippen LogP contribution in [0.5, 0.6) is 5.88 Å². The van der Waals surface area contributed by atoms with E-state index in [1.807, 2.05) is 10.6 Å². The monoisotopic (exact) mass is 239 g/mol. The number of nitrogens with zero attached hydrogens (tertiary/aromatic N) is 3. The van der Waals surface area contributed by atoms with E-state index in [9.17, 15) is 0 Å². The standard InChI is InChI=1S/C11H14ClN3O/c1-7(2)4-8-5-15-6-9(12)14-11(16-3)10(15)13-8/h5-7H,4H2,1-3H3. The van der Waals surface area contributed by atoms with Crippen molar-refractivity contribution in [1.29, 1.82) is 0 Å². The molecule has 0 aliphatic carbocycles. The highest BCUT2D eigenvalue weighted by Crippen LogP contribution is 2.20.